The van der Waals surface area contributed by atoms with Gasteiger partial charge in [0.1, 0.15) is 5.75 Å². The van der Waals surface area contributed by atoms with Crippen LogP contribution in [-0.2, 0) is 0 Å². The van der Waals surface area contributed by atoms with Gasteiger partial charge in [-0.25, -0.2) is 0 Å². The third-order valence-electron chi connectivity index (χ3n) is 2.98. The molecule has 2 N–H and O–H groups in total. The highest BCUT2D eigenvalue weighted by Crippen LogP contribution is 2.23. The van der Waals surface area contributed by atoms with Crippen molar-refractivity contribution in [3.05, 3.63) is 56.6 Å². The van der Waals surface area contributed by atoms with E-state index in [-0.39, 0.29) is 11.0 Å². The van der Waals surface area contributed by atoms with E-state index < -0.39 is 0 Å². The van der Waals surface area contributed by atoms with Crippen molar-refractivity contribution in [3.8, 4) is 5.75 Å². The molecule has 0 aromatic heterocycles. The van der Waals surface area contributed by atoms with E-state index in [1.807, 2.05) is 31.2 Å². The number of hydrogen-bond acceptors (Lipinski definition) is 3. The maximum atomic E-state index is 12.3. The van der Waals surface area contributed by atoms with E-state index in [1.165, 1.54) is 0 Å². The molecule has 0 heterocycles. The number of amides is 1. The van der Waals surface area contributed by atoms with Gasteiger partial charge >= 0.3 is 0 Å². The predicted octanol–water partition coefficient (Wildman–Crippen LogP) is 4.86. The number of nitrogens with one attached hydrogen (secondary N) is 2. The molecule has 0 saturated heterocycles. The summed E-state index contributed by atoms with van der Waals surface area (Å²) in [6, 6.07) is 12.5. The molecule has 0 spiro atoms. The van der Waals surface area contributed by atoms with Gasteiger partial charge < -0.3 is 10.1 Å². The van der Waals surface area contributed by atoms with Crippen LogP contribution in [0.4, 0.5) is 5.69 Å². The lowest BCUT2D eigenvalue weighted by Crippen LogP contribution is -2.34. The number of carbonyl (C=O) groups is 1. The van der Waals surface area contributed by atoms with Gasteiger partial charge in [-0.15, -0.1) is 0 Å². The Morgan fingerprint density at radius 2 is 2.08 bits per heavy atom. The number of halogens is 2. The third kappa shape index (κ3) is 5.61. The Morgan fingerprint density at radius 3 is 2.79 bits per heavy atom. The lowest BCUT2D eigenvalue weighted by molar-refractivity contribution is 0.0977. The first kappa shape index (κ1) is 19.0. The molecule has 126 valence electrons. The second-order valence-electron chi connectivity index (χ2n) is 4.91. The van der Waals surface area contributed by atoms with Gasteiger partial charge in [0.2, 0.25) is 0 Å². The monoisotopic (exact) mass is 474 g/mol. The number of rotatable bonds is 5. The van der Waals surface area contributed by atoms with Crippen LogP contribution in [0.15, 0.2) is 42.5 Å². The SMILES string of the molecule is CCCOc1cccc(C(=O)NC(=S)Nc2ccc(I)cc2Cl)c1. The van der Waals surface area contributed by atoms with Crippen molar-refractivity contribution < 1.29 is 9.53 Å². The van der Waals surface area contributed by atoms with Crippen molar-refractivity contribution >= 4 is 63.1 Å². The summed E-state index contributed by atoms with van der Waals surface area (Å²) in [5, 5.41) is 6.27. The number of anilines is 1. The molecule has 0 atom stereocenters. The quantitative estimate of drug-likeness (QED) is 0.480. The molecule has 1 amide bonds. The summed E-state index contributed by atoms with van der Waals surface area (Å²) in [4.78, 5) is 12.3. The lowest BCUT2D eigenvalue weighted by atomic mass is 10.2. The lowest BCUT2D eigenvalue weighted by Gasteiger charge is -2.12. The Bertz CT molecular complexity index is 755. The van der Waals surface area contributed by atoms with Gasteiger partial charge in [0, 0.05) is 9.13 Å². The Kier molecular flexibility index (Phi) is 7.26. The van der Waals surface area contributed by atoms with E-state index in [4.69, 9.17) is 28.6 Å². The van der Waals surface area contributed by atoms with Crippen molar-refractivity contribution in [2.45, 2.75) is 13.3 Å². The Morgan fingerprint density at radius 1 is 1.29 bits per heavy atom. The van der Waals surface area contributed by atoms with E-state index >= 15 is 0 Å². The average molecular weight is 475 g/mol. The van der Waals surface area contributed by atoms with Crippen LogP contribution >= 0.6 is 46.4 Å². The molecule has 0 unspecified atom stereocenters. The summed E-state index contributed by atoms with van der Waals surface area (Å²) in [6.45, 7) is 2.63. The molecular weight excluding hydrogens is 459 g/mol. The number of benzene rings is 2. The van der Waals surface area contributed by atoms with E-state index in [0.717, 1.165) is 9.99 Å². The number of ether oxygens (including phenoxy) is 1. The minimum Gasteiger partial charge on any atom is -0.494 e. The zero-order valence-electron chi connectivity index (χ0n) is 12.9. The molecule has 2 aromatic carbocycles. The summed E-state index contributed by atoms with van der Waals surface area (Å²) < 4.78 is 6.54. The van der Waals surface area contributed by atoms with Crippen LogP contribution in [0.5, 0.6) is 5.75 Å². The standard InChI is InChI=1S/C17H16ClIN2O2S/c1-2-8-23-13-5-3-4-11(9-13)16(22)21-17(24)20-15-7-6-12(19)10-14(15)18/h3-7,9-10H,2,8H2,1H3,(H2,20,21,22,24). The largest absolute Gasteiger partial charge is 0.494 e. The summed E-state index contributed by atoms with van der Waals surface area (Å²) in [7, 11) is 0. The molecule has 0 saturated carbocycles. The number of hydrogen-bond donors (Lipinski definition) is 2. The molecule has 4 nitrogen and oxygen atoms in total. The van der Waals surface area contributed by atoms with Crippen LogP contribution in [0.2, 0.25) is 5.02 Å². The first-order chi connectivity index (χ1) is 11.5. The molecule has 0 aliphatic heterocycles. The molecule has 7 heteroatoms. The van der Waals surface area contributed by atoms with Crippen LogP contribution in [0.3, 0.4) is 0 Å². The minimum absolute atomic E-state index is 0.183. The highest BCUT2D eigenvalue weighted by molar-refractivity contribution is 14.1. The average Bonchev–Trinajstić information content (AvgIpc) is 2.55. The maximum absolute atomic E-state index is 12.3. The summed E-state index contributed by atoms with van der Waals surface area (Å²) in [6.07, 6.45) is 0.904. The van der Waals surface area contributed by atoms with E-state index in [9.17, 15) is 4.79 Å². The first-order valence-corrected chi connectivity index (χ1v) is 9.16. The topological polar surface area (TPSA) is 50.4 Å². The van der Waals surface area contributed by atoms with Crippen molar-refractivity contribution in [2.75, 3.05) is 11.9 Å². The third-order valence-corrected chi connectivity index (χ3v) is 4.16. The highest BCUT2D eigenvalue weighted by Gasteiger charge is 2.10. The van der Waals surface area contributed by atoms with Crippen molar-refractivity contribution in [3.63, 3.8) is 0 Å². The molecule has 2 aromatic rings. The van der Waals surface area contributed by atoms with Gasteiger partial charge in [-0.05, 0) is 77.6 Å². The van der Waals surface area contributed by atoms with Crippen molar-refractivity contribution in [1.29, 1.82) is 0 Å². The highest BCUT2D eigenvalue weighted by atomic mass is 127. The van der Waals surface area contributed by atoms with E-state index in [0.29, 0.717) is 28.6 Å². The zero-order chi connectivity index (χ0) is 17.5. The van der Waals surface area contributed by atoms with E-state index in [1.54, 1.807) is 18.2 Å². The van der Waals surface area contributed by atoms with Crippen molar-refractivity contribution in [2.24, 2.45) is 0 Å². The predicted molar refractivity (Wildman–Crippen MR) is 110 cm³/mol. The van der Waals surface area contributed by atoms with Gasteiger partial charge in [-0.2, -0.15) is 0 Å². The van der Waals surface area contributed by atoms with Crippen LogP contribution < -0.4 is 15.4 Å². The fraction of sp³-hybridized carbons (Fsp3) is 0.176. The van der Waals surface area contributed by atoms with Gasteiger partial charge in [-0.3, -0.25) is 10.1 Å². The normalized spacial score (nSPS) is 10.1. The number of thiocarbonyl (C=S) groups is 1. The summed E-state index contributed by atoms with van der Waals surface area (Å²) >= 11 is 13.5. The second kappa shape index (κ2) is 9.19. The smallest absolute Gasteiger partial charge is 0.257 e. The van der Waals surface area contributed by atoms with Gasteiger partial charge in [0.25, 0.3) is 5.91 Å². The molecule has 2 rings (SSSR count). The van der Waals surface area contributed by atoms with Gasteiger partial charge in [0.05, 0.1) is 17.3 Å². The fourth-order valence-electron chi connectivity index (χ4n) is 1.87. The minimum atomic E-state index is -0.309. The second-order valence-corrected chi connectivity index (χ2v) is 6.97. The number of carbonyl (C=O) groups excluding carboxylic acids is 1. The molecule has 0 aliphatic carbocycles. The van der Waals surface area contributed by atoms with Crippen molar-refractivity contribution in [1.82, 2.24) is 5.32 Å². The molecule has 0 radical (unpaired) electrons. The molecule has 0 aliphatic rings. The van der Waals surface area contributed by atoms with Crippen LogP contribution in [0.25, 0.3) is 0 Å². The van der Waals surface area contributed by atoms with Crippen LogP contribution in [-0.4, -0.2) is 17.6 Å². The zero-order valence-corrected chi connectivity index (χ0v) is 16.7. The van der Waals surface area contributed by atoms with Crippen LogP contribution in [0.1, 0.15) is 23.7 Å². The van der Waals surface area contributed by atoms with E-state index in [2.05, 4.69) is 33.2 Å². The summed E-state index contributed by atoms with van der Waals surface area (Å²) in [5.74, 6) is 0.347. The van der Waals surface area contributed by atoms with Gasteiger partial charge in [0.15, 0.2) is 5.11 Å². The van der Waals surface area contributed by atoms with Gasteiger partial charge in [-0.1, -0.05) is 24.6 Å². The Hall–Kier alpha value is -1.38. The maximum Gasteiger partial charge on any atom is 0.257 e. The molecular formula is C17H16ClIN2O2S. The Labute approximate surface area is 165 Å². The van der Waals surface area contributed by atoms with Crippen LogP contribution in [0, 0.1) is 3.57 Å². The molecule has 0 bridgehead atoms. The first-order valence-electron chi connectivity index (χ1n) is 7.30. The fourth-order valence-corrected chi connectivity index (χ4v) is 2.97. The molecule has 0 fully saturated rings. The Balaban J connectivity index is 1.99. The molecule has 24 heavy (non-hydrogen) atoms. The summed E-state index contributed by atoms with van der Waals surface area (Å²) in [5.41, 5.74) is 1.11.